The molecule has 2 aromatic carbocycles. The van der Waals surface area contributed by atoms with Gasteiger partial charge in [0.25, 0.3) is 5.91 Å². The number of methoxy groups -OCH3 is 2. The number of rotatable bonds is 8. The van der Waals surface area contributed by atoms with Gasteiger partial charge < -0.3 is 35.9 Å². The minimum Gasteiger partial charge on any atom is -0.493 e. The minimum atomic E-state index is -0.528. The lowest BCUT2D eigenvalue weighted by Crippen LogP contribution is -2.31. The van der Waals surface area contributed by atoms with E-state index in [9.17, 15) is 9.59 Å². The third kappa shape index (κ3) is 5.82. The van der Waals surface area contributed by atoms with Gasteiger partial charge in [0.15, 0.2) is 11.5 Å². The smallest absolute Gasteiger partial charge is 0.256 e. The van der Waals surface area contributed by atoms with Crippen molar-refractivity contribution in [1.29, 1.82) is 0 Å². The van der Waals surface area contributed by atoms with Crippen molar-refractivity contribution in [2.45, 2.75) is 19.9 Å². The molecular weight excluding hydrogens is 512 g/mol. The van der Waals surface area contributed by atoms with Gasteiger partial charge in [-0.15, -0.1) is 0 Å². The molecule has 11 heteroatoms. The molecule has 0 spiro atoms. The van der Waals surface area contributed by atoms with E-state index in [1.54, 1.807) is 32.5 Å². The second kappa shape index (κ2) is 12.2. The molecule has 0 saturated carbocycles. The van der Waals surface area contributed by atoms with Crippen molar-refractivity contribution in [2.24, 2.45) is 0 Å². The van der Waals surface area contributed by atoms with E-state index in [2.05, 4.69) is 27.1 Å². The number of aryl methyl sites for hydroxylation is 1. The highest BCUT2D eigenvalue weighted by molar-refractivity contribution is 5.97. The summed E-state index contributed by atoms with van der Waals surface area (Å²) >= 11 is 0. The Bertz CT molecular complexity index is 1700. The number of anilines is 2. The van der Waals surface area contributed by atoms with Crippen LogP contribution in [-0.4, -0.2) is 52.9 Å². The zero-order valence-corrected chi connectivity index (χ0v) is 22.4. The molecular formula is C29H30N6O5. The topological polar surface area (TPSA) is 168 Å². The molecule has 0 aliphatic rings. The Morgan fingerprint density at radius 3 is 2.62 bits per heavy atom. The van der Waals surface area contributed by atoms with Crippen LogP contribution in [0.2, 0.25) is 0 Å². The average Bonchev–Trinajstić information content (AvgIpc) is 2.96. The van der Waals surface area contributed by atoms with Gasteiger partial charge >= 0.3 is 0 Å². The summed E-state index contributed by atoms with van der Waals surface area (Å²) in [7, 11) is 3.09. The molecule has 6 N–H and O–H groups in total. The van der Waals surface area contributed by atoms with Gasteiger partial charge in [-0.3, -0.25) is 9.59 Å². The van der Waals surface area contributed by atoms with Crippen LogP contribution >= 0.6 is 0 Å². The van der Waals surface area contributed by atoms with Crippen molar-refractivity contribution in [2.75, 3.05) is 38.8 Å². The molecule has 4 rings (SSSR count). The number of carbonyl (C=O) groups is 1. The van der Waals surface area contributed by atoms with Crippen LogP contribution in [-0.2, 0) is 13.0 Å². The summed E-state index contributed by atoms with van der Waals surface area (Å²) in [4.78, 5) is 33.6. The highest BCUT2D eigenvalue weighted by atomic mass is 16.5. The number of hydrogen-bond donors (Lipinski definition) is 4. The van der Waals surface area contributed by atoms with Crippen molar-refractivity contribution < 1.29 is 19.4 Å². The number of nitrogens with one attached hydrogen (secondary N) is 1. The molecule has 0 bridgehead atoms. The van der Waals surface area contributed by atoms with Crippen LogP contribution < -0.4 is 31.7 Å². The summed E-state index contributed by atoms with van der Waals surface area (Å²) in [5.41, 5.74) is 14.7. The van der Waals surface area contributed by atoms with E-state index < -0.39 is 5.91 Å². The van der Waals surface area contributed by atoms with E-state index in [1.807, 2.05) is 29.7 Å². The number of pyridine rings is 1. The lowest BCUT2D eigenvalue weighted by atomic mass is 10.0. The maximum Gasteiger partial charge on any atom is 0.256 e. The van der Waals surface area contributed by atoms with Crippen LogP contribution in [0.3, 0.4) is 0 Å². The quantitative estimate of drug-likeness (QED) is 0.242. The number of aliphatic hydroxyl groups is 1. The van der Waals surface area contributed by atoms with Crippen LogP contribution in [0.1, 0.15) is 39.5 Å². The number of carbonyl (C=O) groups excluding carboxylic acids is 1. The molecule has 0 saturated heterocycles. The molecule has 11 nitrogen and oxygen atoms in total. The highest BCUT2D eigenvalue weighted by Crippen LogP contribution is 2.33. The van der Waals surface area contributed by atoms with Crippen LogP contribution in [0.25, 0.3) is 10.9 Å². The molecule has 0 unspecified atom stereocenters. The Labute approximate surface area is 230 Å². The summed E-state index contributed by atoms with van der Waals surface area (Å²) in [5.74, 6) is 7.16. The second-order valence-corrected chi connectivity index (χ2v) is 8.81. The second-order valence-electron chi connectivity index (χ2n) is 8.81. The fourth-order valence-electron chi connectivity index (χ4n) is 4.30. The lowest BCUT2D eigenvalue weighted by molar-refractivity contribution is 0.0943. The molecule has 0 aliphatic carbocycles. The largest absolute Gasteiger partial charge is 0.493 e. The van der Waals surface area contributed by atoms with Gasteiger partial charge in [-0.1, -0.05) is 11.8 Å². The predicted octanol–water partition coefficient (Wildman–Crippen LogP) is 1.71. The number of nitrogens with two attached hydrogens (primary N) is 2. The van der Waals surface area contributed by atoms with Crippen LogP contribution in [0, 0.1) is 11.8 Å². The number of amides is 1. The number of aromatic nitrogens is 3. The first-order valence-electron chi connectivity index (χ1n) is 12.5. The zero-order valence-electron chi connectivity index (χ0n) is 22.4. The maximum absolute atomic E-state index is 13.0. The number of nitrogen functional groups attached to an aromatic ring is 2. The van der Waals surface area contributed by atoms with Gasteiger partial charge in [0.05, 0.1) is 31.9 Å². The summed E-state index contributed by atoms with van der Waals surface area (Å²) in [5, 5.41) is 11.9. The van der Waals surface area contributed by atoms with Gasteiger partial charge in [-0.25, -0.2) is 4.98 Å². The molecule has 0 fully saturated rings. The van der Waals surface area contributed by atoms with E-state index in [4.69, 9.17) is 26.0 Å². The molecule has 4 aromatic rings. The number of nitrogens with zero attached hydrogens (tertiary/aromatic N) is 3. The normalized spacial score (nSPS) is 10.6. The fraction of sp³-hybridized carbons (Fsp3) is 0.241. The third-order valence-corrected chi connectivity index (χ3v) is 6.26. The number of ether oxygens (including phenoxy) is 2. The SMILES string of the molecule is CCn1cc(C(=O)NCCO)c(=O)c2ccc(C#Cc3cc(Cc4cnc(N)nc4N)cc(OC)c3OC)cc21. The molecule has 0 aliphatic heterocycles. The Kier molecular flexibility index (Phi) is 8.51. The number of benzene rings is 2. The third-order valence-electron chi connectivity index (χ3n) is 6.26. The Balaban J connectivity index is 1.75. The highest BCUT2D eigenvalue weighted by Gasteiger charge is 2.16. The van der Waals surface area contributed by atoms with Crippen molar-refractivity contribution >= 4 is 28.6 Å². The van der Waals surface area contributed by atoms with Gasteiger partial charge in [0, 0.05) is 48.4 Å². The predicted molar refractivity (Wildman–Crippen MR) is 152 cm³/mol. The Morgan fingerprint density at radius 1 is 1.15 bits per heavy atom. The molecule has 40 heavy (non-hydrogen) atoms. The van der Waals surface area contributed by atoms with Crippen molar-refractivity contribution in [3.63, 3.8) is 0 Å². The number of hydrogen-bond acceptors (Lipinski definition) is 9. The molecule has 2 aromatic heterocycles. The van der Waals surface area contributed by atoms with E-state index in [-0.39, 0.29) is 30.1 Å². The van der Waals surface area contributed by atoms with E-state index in [0.717, 1.165) is 5.56 Å². The number of aliphatic hydroxyl groups excluding tert-OH is 1. The van der Waals surface area contributed by atoms with Crippen LogP contribution in [0.15, 0.2) is 47.5 Å². The monoisotopic (exact) mass is 542 g/mol. The van der Waals surface area contributed by atoms with Gasteiger partial charge in [0.1, 0.15) is 11.4 Å². The molecule has 206 valence electrons. The zero-order chi connectivity index (χ0) is 28.8. The van der Waals surface area contributed by atoms with E-state index in [0.29, 0.717) is 57.9 Å². The molecule has 0 radical (unpaired) electrons. The van der Waals surface area contributed by atoms with Gasteiger partial charge in [-0.05, 0) is 42.8 Å². The summed E-state index contributed by atoms with van der Waals surface area (Å²) in [6.45, 7) is 2.29. The minimum absolute atomic E-state index is 0.0161. The Morgan fingerprint density at radius 2 is 1.95 bits per heavy atom. The van der Waals surface area contributed by atoms with Gasteiger partial charge in [-0.2, -0.15) is 4.98 Å². The van der Waals surface area contributed by atoms with E-state index in [1.165, 1.54) is 6.20 Å². The van der Waals surface area contributed by atoms with Gasteiger partial charge in [0.2, 0.25) is 11.4 Å². The first-order valence-corrected chi connectivity index (χ1v) is 12.5. The lowest BCUT2D eigenvalue weighted by Gasteiger charge is -2.13. The first kappa shape index (κ1) is 27.9. The van der Waals surface area contributed by atoms with E-state index >= 15 is 0 Å². The molecule has 1 amide bonds. The average molecular weight is 543 g/mol. The summed E-state index contributed by atoms with van der Waals surface area (Å²) in [6, 6.07) is 8.91. The van der Waals surface area contributed by atoms with Crippen molar-refractivity contribution in [3.8, 4) is 23.3 Å². The molecule has 2 heterocycles. The number of fused-ring (bicyclic) bond motifs is 1. The van der Waals surface area contributed by atoms with Crippen LogP contribution in [0.4, 0.5) is 11.8 Å². The first-order chi connectivity index (χ1) is 19.3. The van der Waals surface area contributed by atoms with Crippen molar-refractivity contribution in [1.82, 2.24) is 19.9 Å². The van der Waals surface area contributed by atoms with Crippen molar-refractivity contribution in [3.05, 3.63) is 80.8 Å². The standard InChI is InChI=1S/C29H30N6O5/c1-4-35-16-22(28(38)32-9-10-36)25(37)21-8-6-17(13-23(21)35)5-7-19-11-18(14-24(39-2)26(19)40-3)12-20-15-33-29(31)34-27(20)30/h6,8,11,13-16,36H,4,9-10,12H2,1-3H3,(H,32,38)(H4,30,31,33,34). The summed E-state index contributed by atoms with van der Waals surface area (Å²) in [6.07, 6.45) is 3.54. The van der Waals surface area contributed by atoms with Crippen LogP contribution in [0.5, 0.6) is 11.5 Å². The fourth-order valence-corrected chi connectivity index (χ4v) is 4.30. The molecule has 0 atom stereocenters. The summed E-state index contributed by atoms with van der Waals surface area (Å²) < 4.78 is 13.0. The Hall–Kier alpha value is -5.08. The maximum atomic E-state index is 13.0.